The molecule has 0 radical (unpaired) electrons. The van der Waals surface area contributed by atoms with E-state index >= 15 is 0 Å². The van der Waals surface area contributed by atoms with Gasteiger partial charge in [-0.3, -0.25) is 4.79 Å². The SMILES string of the molecule is C=CCOc1ccc(C=NNC(=O)C(C)Sc2nc(C)cc(C)n2)cc1OCC. The van der Waals surface area contributed by atoms with Gasteiger partial charge in [0.1, 0.15) is 6.61 Å². The van der Waals surface area contributed by atoms with Crippen LogP contribution in [0.15, 0.2) is 47.2 Å². The Kier molecular flexibility index (Phi) is 8.67. The van der Waals surface area contributed by atoms with Crippen molar-refractivity contribution in [1.29, 1.82) is 0 Å². The Morgan fingerprint density at radius 2 is 1.97 bits per heavy atom. The third-order valence-corrected chi connectivity index (χ3v) is 4.59. The Bertz CT molecular complexity index is 866. The standard InChI is InChI=1S/C21H26N4O3S/c1-6-10-28-18-9-8-17(12-19(18)27-7-2)13-22-25-20(26)16(5)29-21-23-14(3)11-15(4)24-21/h6,8-9,11-13,16H,1,7,10H2,2-5H3,(H,25,26). The summed E-state index contributed by atoms with van der Waals surface area (Å²) < 4.78 is 11.2. The topological polar surface area (TPSA) is 85.7 Å². The maximum Gasteiger partial charge on any atom is 0.253 e. The fraction of sp³-hybridized carbons (Fsp3) is 0.333. The van der Waals surface area contributed by atoms with Crippen LogP contribution in [0.4, 0.5) is 0 Å². The molecule has 29 heavy (non-hydrogen) atoms. The van der Waals surface area contributed by atoms with E-state index in [0.29, 0.717) is 29.9 Å². The quantitative estimate of drug-likeness (QED) is 0.210. The molecule has 154 valence electrons. The van der Waals surface area contributed by atoms with Gasteiger partial charge in [0.05, 0.1) is 18.1 Å². The lowest BCUT2D eigenvalue weighted by molar-refractivity contribution is -0.120. The average Bonchev–Trinajstić information content (AvgIpc) is 2.66. The minimum Gasteiger partial charge on any atom is -0.490 e. The molecule has 7 nitrogen and oxygen atoms in total. The minimum absolute atomic E-state index is 0.232. The van der Waals surface area contributed by atoms with E-state index in [1.165, 1.54) is 11.8 Å². The molecule has 2 aromatic rings. The van der Waals surface area contributed by atoms with Crippen LogP contribution in [0.2, 0.25) is 0 Å². The number of benzene rings is 1. The molecule has 0 spiro atoms. The fourth-order valence-electron chi connectivity index (χ4n) is 2.36. The molecule has 8 heteroatoms. The van der Waals surface area contributed by atoms with E-state index in [-0.39, 0.29) is 11.2 Å². The van der Waals surface area contributed by atoms with Crippen molar-refractivity contribution in [2.75, 3.05) is 13.2 Å². The van der Waals surface area contributed by atoms with Gasteiger partial charge in [0, 0.05) is 11.4 Å². The van der Waals surface area contributed by atoms with Crippen LogP contribution in [0.1, 0.15) is 30.8 Å². The van der Waals surface area contributed by atoms with Crippen molar-refractivity contribution in [2.24, 2.45) is 5.10 Å². The first-order valence-corrected chi connectivity index (χ1v) is 10.1. The molecule has 1 N–H and O–H groups in total. The zero-order valence-electron chi connectivity index (χ0n) is 17.1. The maximum absolute atomic E-state index is 12.3. The second kappa shape index (κ2) is 11.2. The first-order valence-electron chi connectivity index (χ1n) is 9.25. The van der Waals surface area contributed by atoms with E-state index in [1.807, 2.05) is 32.9 Å². The van der Waals surface area contributed by atoms with Crippen molar-refractivity contribution in [1.82, 2.24) is 15.4 Å². The van der Waals surface area contributed by atoms with Gasteiger partial charge in [0.2, 0.25) is 0 Å². The number of hydrogen-bond acceptors (Lipinski definition) is 7. The molecule has 0 aliphatic carbocycles. The summed E-state index contributed by atoms with van der Waals surface area (Å²) in [6, 6.07) is 7.33. The van der Waals surface area contributed by atoms with Crippen LogP contribution in [0.5, 0.6) is 11.5 Å². The number of aromatic nitrogens is 2. The number of aryl methyl sites for hydroxylation is 2. The van der Waals surface area contributed by atoms with Gasteiger partial charge in [-0.1, -0.05) is 24.4 Å². The Morgan fingerprint density at radius 1 is 1.24 bits per heavy atom. The van der Waals surface area contributed by atoms with E-state index in [1.54, 1.807) is 31.3 Å². The highest BCUT2D eigenvalue weighted by molar-refractivity contribution is 8.00. The first kappa shape index (κ1) is 22.4. The Balaban J connectivity index is 1.97. The number of amides is 1. The number of thioether (sulfide) groups is 1. The summed E-state index contributed by atoms with van der Waals surface area (Å²) in [7, 11) is 0. The van der Waals surface area contributed by atoms with Crippen LogP contribution in [-0.2, 0) is 4.79 Å². The van der Waals surface area contributed by atoms with E-state index in [9.17, 15) is 4.79 Å². The second-order valence-electron chi connectivity index (χ2n) is 6.17. The third-order valence-electron chi connectivity index (χ3n) is 3.63. The van der Waals surface area contributed by atoms with Crippen LogP contribution in [0, 0.1) is 13.8 Å². The van der Waals surface area contributed by atoms with Gasteiger partial charge in [0.25, 0.3) is 5.91 Å². The average molecular weight is 415 g/mol. The van der Waals surface area contributed by atoms with Crippen molar-refractivity contribution in [3.05, 3.63) is 53.9 Å². The smallest absolute Gasteiger partial charge is 0.253 e. The molecular weight excluding hydrogens is 388 g/mol. The van der Waals surface area contributed by atoms with Crippen molar-refractivity contribution >= 4 is 23.9 Å². The van der Waals surface area contributed by atoms with Gasteiger partial charge in [-0.25, -0.2) is 15.4 Å². The number of ether oxygens (including phenoxy) is 2. The largest absolute Gasteiger partial charge is 0.490 e. The van der Waals surface area contributed by atoms with Crippen molar-refractivity contribution in [2.45, 2.75) is 38.1 Å². The summed E-state index contributed by atoms with van der Waals surface area (Å²) in [5.41, 5.74) is 5.07. The lowest BCUT2D eigenvalue weighted by Gasteiger charge is -2.11. The van der Waals surface area contributed by atoms with E-state index in [0.717, 1.165) is 17.0 Å². The normalized spacial score (nSPS) is 11.9. The summed E-state index contributed by atoms with van der Waals surface area (Å²) >= 11 is 1.29. The van der Waals surface area contributed by atoms with Gasteiger partial charge in [0.15, 0.2) is 16.7 Å². The predicted molar refractivity (Wildman–Crippen MR) is 116 cm³/mol. The molecule has 1 unspecified atom stereocenters. The van der Waals surface area contributed by atoms with Crippen LogP contribution in [-0.4, -0.2) is 40.6 Å². The molecule has 2 rings (SSSR count). The summed E-state index contributed by atoms with van der Waals surface area (Å²) in [5.74, 6) is 1.01. The second-order valence-corrected chi connectivity index (χ2v) is 7.47. The van der Waals surface area contributed by atoms with Crippen molar-refractivity contribution < 1.29 is 14.3 Å². The lowest BCUT2D eigenvalue weighted by atomic mass is 10.2. The summed E-state index contributed by atoms with van der Waals surface area (Å²) in [5, 5.41) is 4.23. The summed E-state index contributed by atoms with van der Waals surface area (Å²) in [6.45, 7) is 12.0. The molecule has 1 aromatic heterocycles. The lowest BCUT2D eigenvalue weighted by Crippen LogP contribution is -2.27. The molecular formula is C21H26N4O3S. The number of nitrogens with zero attached hydrogens (tertiary/aromatic N) is 3. The van der Waals surface area contributed by atoms with Crippen LogP contribution in [0.25, 0.3) is 0 Å². The zero-order chi connectivity index (χ0) is 21.2. The van der Waals surface area contributed by atoms with Gasteiger partial charge in [-0.05, 0) is 57.5 Å². The molecule has 0 fully saturated rings. The number of rotatable bonds is 10. The maximum atomic E-state index is 12.3. The van der Waals surface area contributed by atoms with Crippen molar-refractivity contribution in [3.8, 4) is 11.5 Å². The molecule has 0 aliphatic heterocycles. The minimum atomic E-state index is -0.387. The van der Waals surface area contributed by atoms with Crippen LogP contribution >= 0.6 is 11.8 Å². The Hall–Kier alpha value is -2.87. The Labute approximate surface area is 175 Å². The van der Waals surface area contributed by atoms with Crippen LogP contribution < -0.4 is 14.9 Å². The molecule has 1 amide bonds. The van der Waals surface area contributed by atoms with Gasteiger partial charge >= 0.3 is 0 Å². The third kappa shape index (κ3) is 7.23. The molecule has 0 bridgehead atoms. The highest BCUT2D eigenvalue weighted by atomic mass is 32.2. The van der Waals surface area contributed by atoms with Crippen LogP contribution in [0.3, 0.4) is 0 Å². The number of carbonyl (C=O) groups excluding carboxylic acids is 1. The monoisotopic (exact) mass is 414 g/mol. The first-order chi connectivity index (χ1) is 13.9. The van der Waals surface area contributed by atoms with Gasteiger partial charge in [-0.15, -0.1) is 0 Å². The van der Waals surface area contributed by atoms with E-state index in [2.05, 4.69) is 27.1 Å². The van der Waals surface area contributed by atoms with E-state index < -0.39 is 0 Å². The number of nitrogens with one attached hydrogen (secondary N) is 1. The van der Waals surface area contributed by atoms with E-state index in [4.69, 9.17) is 9.47 Å². The van der Waals surface area contributed by atoms with Gasteiger partial charge in [-0.2, -0.15) is 5.10 Å². The number of carbonyl (C=O) groups is 1. The number of hydrazone groups is 1. The number of hydrogen-bond donors (Lipinski definition) is 1. The highest BCUT2D eigenvalue weighted by Crippen LogP contribution is 2.28. The molecule has 1 aromatic carbocycles. The molecule has 0 aliphatic rings. The molecule has 0 saturated carbocycles. The summed E-state index contributed by atoms with van der Waals surface area (Å²) in [4.78, 5) is 21.0. The molecule has 1 heterocycles. The molecule has 0 saturated heterocycles. The predicted octanol–water partition coefficient (Wildman–Crippen LogP) is 3.69. The fourth-order valence-corrected chi connectivity index (χ4v) is 3.23. The van der Waals surface area contributed by atoms with Crippen molar-refractivity contribution in [3.63, 3.8) is 0 Å². The highest BCUT2D eigenvalue weighted by Gasteiger charge is 2.16. The molecule has 1 atom stereocenters. The van der Waals surface area contributed by atoms with Gasteiger partial charge < -0.3 is 9.47 Å². The Morgan fingerprint density at radius 3 is 2.62 bits per heavy atom. The zero-order valence-corrected chi connectivity index (χ0v) is 18.0. The summed E-state index contributed by atoms with van der Waals surface area (Å²) in [6.07, 6.45) is 3.23.